The molecule has 4 atom stereocenters. The number of thioether (sulfide) groups is 1. The molecule has 4 nitrogen and oxygen atoms in total. The van der Waals surface area contributed by atoms with Crippen LogP contribution in [-0.2, 0) is 10.2 Å². The van der Waals surface area contributed by atoms with E-state index in [1.54, 1.807) is 0 Å². The molecule has 1 aliphatic rings. The Morgan fingerprint density at radius 2 is 1.72 bits per heavy atom. The lowest BCUT2D eigenvalue weighted by Gasteiger charge is -2.41. The Kier molecular flexibility index (Phi) is 9.05. The van der Waals surface area contributed by atoms with Gasteiger partial charge in [0.1, 0.15) is 0 Å². The predicted octanol–water partition coefficient (Wildman–Crippen LogP) is 5.01. The van der Waals surface area contributed by atoms with Crippen LogP contribution in [0.4, 0.5) is 0 Å². The number of carboxylic acid groups (broad SMARTS) is 1. The molecule has 0 amide bonds. The van der Waals surface area contributed by atoms with Gasteiger partial charge in [0.25, 0.3) is 0 Å². The van der Waals surface area contributed by atoms with Crippen LogP contribution in [0.3, 0.4) is 0 Å². The Balaban J connectivity index is 1.85. The van der Waals surface area contributed by atoms with E-state index >= 15 is 0 Å². The molecule has 0 aromatic heterocycles. The van der Waals surface area contributed by atoms with Crippen molar-refractivity contribution in [1.29, 1.82) is 0 Å². The number of rotatable bonds is 12. The van der Waals surface area contributed by atoms with Crippen LogP contribution < -0.4 is 0 Å². The minimum atomic E-state index is -0.853. The molecule has 1 aliphatic carbocycles. The number of carboxylic acids is 1. The molecule has 0 spiro atoms. The lowest BCUT2D eigenvalue weighted by Crippen LogP contribution is -2.48. The van der Waals surface area contributed by atoms with Gasteiger partial charge in [-0.15, -0.1) is 0 Å². The van der Waals surface area contributed by atoms with Gasteiger partial charge < -0.3 is 15.3 Å². The van der Waals surface area contributed by atoms with E-state index in [1.807, 2.05) is 36.9 Å². The van der Waals surface area contributed by atoms with Crippen molar-refractivity contribution in [2.24, 2.45) is 5.92 Å². The highest BCUT2D eigenvalue weighted by Crippen LogP contribution is 2.43. The standard InChI is InChI=1S/C24H38O4S/c1-23(2,18-11-7-6-8-12-18)24(3,28)17-29-21-16-15-20(25)19(21)13-9-4-5-10-14-22(26)27/h6-8,11-12,19-21,25,28H,4-5,9-10,13-17H2,1-3H3,(H,26,27). The summed E-state index contributed by atoms with van der Waals surface area (Å²) in [6.45, 7) is 6.12. The van der Waals surface area contributed by atoms with Gasteiger partial charge in [0.2, 0.25) is 0 Å². The molecule has 0 bridgehead atoms. The number of carbonyl (C=O) groups is 1. The minimum Gasteiger partial charge on any atom is -0.481 e. The van der Waals surface area contributed by atoms with Gasteiger partial charge in [-0.05, 0) is 44.1 Å². The third-order valence-electron chi connectivity index (χ3n) is 6.82. The van der Waals surface area contributed by atoms with Gasteiger partial charge in [-0.2, -0.15) is 11.8 Å². The molecule has 164 valence electrons. The summed E-state index contributed by atoms with van der Waals surface area (Å²) in [5, 5.41) is 30.8. The molecule has 0 heterocycles. The van der Waals surface area contributed by atoms with Crippen LogP contribution >= 0.6 is 11.8 Å². The van der Waals surface area contributed by atoms with Crippen LogP contribution in [0.5, 0.6) is 0 Å². The molecular weight excluding hydrogens is 384 g/mol. The number of hydrogen-bond acceptors (Lipinski definition) is 4. The van der Waals surface area contributed by atoms with Crippen molar-refractivity contribution < 1.29 is 20.1 Å². The largest absolute Gasteiger partial charge is 0.481 e. The van der Waals surface area contributed by atoms with E-state index in [2.05, 4.69) is 26.0 Å². The van der Waals surface area contributed by atoms with E-state index < -0.39 is 11.6 Å². The van der Waals surface area contributed by atoms with Crippen molar-refractivity contribution in [2.45, 2.75) is 94.5 Å². The van der Waals surface area contributed by atoms with Gasteiger partial charge in [0.05, 0.1) is 11.7 Å². The van der Waals surface area contributed by atoms with E-state index in [0.717, 1.165) is 50.5 Å². The molecule has 1 saturated carbocycles. The fourth-order valence-corrected chi connectivity index (χ4v) is 5.99. The van der Waals surface area contributed by atoms with Gasteiger partial charge in [0.15, 0.2) is 0 Å². The second-order valence-electron chi connectivity index (χ2n) is 9.27. The molecular formula is C24H38O4S. The van der Waals surface area contributed by atoms with Crippen molar-refractivity contribution in [3.05, 3.63) is 35.9 Å². The summed E-state index contributed by atoms with van der Waals surface area (Å²) >= 11 is 1.81. The minimum absolute atomic E-state index is 0.247. The summed E-state index contributed by atoms with van der Waals surface area (Å²) in [5.74, 6) is 0.190. The van der Waals surface area contributed by atoms with Gasteiger partial charge in [-0.3, -0.25) is 4.79 Å². The fraction of sp³-hybridized carbons (Fsp3) is 0.708. The summed E-state index contributed by atoms with van der Waals surface area (Å²) in [5.41, 5.74) is -0.0820. The average molecular weight is 423 g/mol. The molecule has 5 heteroatoms. The topological polar surface area (TPSA) is 77.8 Å². The summed E-state index contributed by atoms with van der Waals surface area (Å²) in [6, 6.07) is 10.2. The zero-order valence-electron chi connectivity index (χ0n) is 18.1. The van der Waals surface area contributed by atoms with Crippen LogP contribution in [0.15, 0.2) is 30.3 Å². The number of aliphatic carboxylic acids is 1. The van der Waals surface area contributed by atoms with Crippen LogP contribution in [0.25, 0.3) is 0 Å². The number of aliphatic hydroxyl groups is 2. The molecule has 2 rings (SSSR count). The second kappa shape index (κ2) is 10.8. The van der Waals surface area contributed by atoms with E-state index in [1.165, 1.54) is 0 Å². The van der Waals surface area contributed by atoms with E-state index in [9.17, 15) is 15.0 Å². The molecule has 0 aliphatic heterocycles. The van der Waals surface area contributed by atoms with Gasteiger partial charge in [-0.25, -0.2) is 0 Å². The van der Waals surface area contributed by atoms with Crippen molar-refractivity contribution in [3.8, 4) is 0 Å². The zero-order chi connectivity index (χ0) is 21.5. The van der Waals surface area contributed by atoms with E-state index in [0.29, 0.717) is 11.0 Å². The Labute approximate surface area is 180 Å². The van der Waals surface area contributed by atoms with Crippen LogP contribution in [-0.4, -0.2) is 44.0 Å². The summed E-state index contributed by atoms with van der Waals surface area (Å²) in [7, 11) is 0. The van der Waals surface area contributed by atoms with Crippen molar-refractivity contribution >= 4 is 17.7 Å². The number of aliphatic hydroxyl groups excluding tert-OH is 1. The van der Waals surface area contributed by atoms with Crippen molar-refractivity contribution in [1.82, 2.24) is 0 Å². The SMILES string of the molecule is CC(O)(CSC1CCC(O)C1CCCCCCC(=O)O)C(C)(C)c1ccccc1. The predicted molar refractivity (Wildman–Crippen MR) is 120 cm³/mol. The van der Waals surface area contributed by atoms with Crippen molar-refractivity contribution in [3.63, 3.8) is 0 Å². The third-order valence-corrected chi connectivity index (χ3v) is 8.56. The monoisotopic (exact) mass is 422 g/mol. The summed E-state index contributed by atoms with van der Waals surface area (Å²) in [6.07, 6.45) is 6.54. The van der Waals surface area contributed by atoms with E-state index in [-0.39, 0.29) is 23.9 Å². The summed E-state index contributed by atoms with van der Waals surface area (Å²) in [4.78, 5) is 10.6. The smallest absolute Gasteiger partial charge is 0.303 e. The maximum absolute atomic E-state index is 11.3. The van der Waals surface area contributed by atoms with Crippen LogP contribution in [0, 0.1) is 5.92 Å². The Bertz CT molecular complexity index is 629. The molecule has 0 radical (unpaired) electrons. The molecule has 1 fully saturated rings. The molecule has 4 unspecified atom stereocenters. The van der Waals surface area contributed by atoms with Crippen LogP contribution in [0.1, 0.15) is 77.7 Å². The Morgan fingerprint density at radius 3 is 2.38 bits per heavy atom. The number of unbranched alkanes of at least 4 members (excludes halogenated alkanes) is 3. The first-order valence-corrected chi connectivity index (χ1v) is 12.0. The lowest BCUT2D eigenvalue weighted by atomic mass is 9.72. The van der Waals surface area contributed by atoms with E-state index in [4.69, 9.17) is 5.11 Å². The molecule has 0 saturated heterocycles. The number of benzene rings is 1. The quantitative estimate of drug-likeness (QED) is 0.413. The first kappa shape index (κ1) is 24.2. The second-order valence-corrected chi connectivity index (χ2v) is 10.5. The van der Waals surface area contributed by atoms with Gasteiger partial charge in [0, 0.05) is 22.8 Å². The Morgan fingerprint density at radius 1 is 1.07 bits per heavy atom. The molecule has 1 aromatic carbocycles. The lowest BCUT2D eigenvalue weighted by molar-refractivity contribution is -0.137. The first-order valence-electron chi connectivity index (χ1n) is 10.9. The summed E-state index contributed by atoms with van der Waals surface area (Å²) < 4.78 is 0. The maximum atomic E-state index is 11.3. The van der Waals surface area contributed by atoms with Crippen molar-refractivity contribution in [2.75, 3.05) is 5.75 Å². The normalized spacial score (nSPS) is 24.4. The fourth-order valence-electron chi connectivity index (χ4n) is 4.22. The zero-order valence-corrected chi connectivity index (χ0v) is 19.0. The average Bonchev–Trinajstić information content (AvgIpc) is 3.03. The highest BCUT2D eigenvalue weighted by atomic mass is 32.2. The molecule has 1 aromatic rings. The molecule has 3 N–H and O–H groups in total. The highest BCUT2D eigenvalue weighted by molar-refractivity contribution is 8.00. The maximum Gasteiger partial charge on any atom is 0.303 e. The third kappa shape index (κ3) is 6.73. The number of hydrogen-bond donors (Lipinski definition) is 3. The van der Waals surface area contributed by atoms with Gasteiger partial charge in [-0.1, -0.05) is 63.4 Å². The van der Waals surface area contributed by atoms with Crippen LogP contribution in [0.2, 0.25) is 0 Å². The molecule has 29 heavy (non-hydrogen) atoms. The van der Waals surface area contributed by atoms with Gasteiger partial charge >= 0.3 is 5.97 Å². The first-order chi connectivity index (χ1) is 13.6. The Hall–Kier alpha value is -1.04. The highest BCUT2D eigenvalue weighted by Gasteiger charge is 2.43.